The van der Waals surface area contributed by atoms with Crippen LogP contribution < -0.4 is 5.32 Å². The van der Waals surface area contributed by atoms with Gasteiger partial charge in [0.1, 0.15) is 0 Å². The molecule has 0 aromatic heterocycles. The van der Waals surface area contributed by atoms with Gasteiger partial charge >= 0.3 is 0 Å². The number of halogens is 1. The maximum Gasteiger partial charge on any atom is 0.244 e. The van der Waals surface area contributed by atoms with E-state index in [1.165, 1.54) is 4.31 Å². The largest absolute Gasteiger partial charge is 0.348 e. The summed E-state index contributed by atoms with van der Waals surface area (Å²) < 4.78 is 28.9. The number of carbonyl (C=O) groups excluding carboxylic acids is 1. The molecule has 0 bridgehead atoms. The van der Waals surface area contributed by atoms with Gasteiger partial charge in [0.05, 0.1) is 17.5 Å². The van der Waals surface area contributed by atoms with Crippen molar-refractivity contribution < 1.29 is 13.2 Å². The minimum absolute atomic E-state index is 0.0521. The summed E-state index contributed by atoms with van der Waals surface area (Å²) >= 11 is 7.66. The van der Waals surface area contributed by atoms with Crippen LogP contribution in [0.2, 0.25) is 5.02 Å². The minimum atomic E-state index is -3.96. The number of aryl methyl sites for hydroxylation is 3. The Hall–Kier alpha value is -2.32. The molecular weight excluding hydrogens is 500 g/mol. The van der Waals surface area contributed by atoms with Crippen LogP contribution in [0, 0.1) is 20.8 Å². The van der Waals surface area contributed by atoms with Gasteiger partial charge in [0.25, 0.3) is 0 Å². The van der Waals surface area contributed by atoms with E-state index in [1.54, 1.807) is 49.9 Å². The van der Waals surface area contributed by atoms with E-state index >= 15 is 0 Å². The molecule has 35 heavy (non-hydrogen) atoms. The minimum Gasteiger partial charge on any atom is -0.348 e. The SMILES string of the molecule is CSc1ccc([C@H](C)NC(=O)CN(Cc2ccc(Cl)cc2)S(=O)(=O)c2c(C)cc(C)cc2C)cc1. The molecule has 5 nitrogen and oxygen atoms in total. The number of rotatable bonds is 9. The fraction of sp³-hybridized carbons (Fsp3) is 0.296. The van der Waals surface area contributed by atoms with Crippen molar-refractivity contribution in [1.82, 2.24) is 9.62 Å². The summed E-state index contributed by atoms with van der Waals surface area (Å²) in [6.45, 7) is 7.14. The van der Waals surface area contributed by atoms with Gasteiger partial charge in [-0.15, -0.1) is 11.8 Å². The number of benzene rings is 3. The molecule has 3 aromatic rings. The molecule has 0 saturated carbocycles. The third-order valence-electron chi connectivity index (χ3n) is 5.79. The Morgan fingerprint density at radius 3 is 2.11 bits per heavy atom. The van der Waals surface area contributed by atoms with E-state index in [0.717, 1.165) is 21.6 Å². The third kappa shape index (κ3) is 6.88. The fourth-order valence-corrected chi connectivity index (χ4v) is 6.48. The van der Waals surface area contributed by atoms with Gasteiger partial charge in [0.2, 0.25) is 15.9 Å². The molecule has 3 aromatic carbocycles. The zero-order valence-electron chi connectivity index (χ0n) is 20.6. The van der Waals surface area contributed by atoms with Gasteiger partial charge < -0.3 is 5.32 Å². The highest BCUT2D eigenvalue weighted by Gasteiger charge is 2.30. The molecule has 0 fully saturated rings. The number of nitrogens with one attached hydrogen (secondary N) is 1. The molecule has 1 atom stereocenters. The Labute approximate surface area is 217 Å². The quantitative estimate of drug-likeness (QED) is 0.342. The number of thioether (sulfide) groups is 1. The first-order chi connectivity index (χ1) is 16.5. The smallest absolute Gasteiger partial charge is 0.244 e. The van der Waals surface area contributed by atoms with Crippen molar-refractivity contribution in [2.75, 3.05) is 12.8 Å². The predicted molar refractivity (Wildman–Crippen MR) is 144 cm³/mol. The summed E-state index contributed by atoms with van der Waals surface area (Å²) in [7, 11) is -3.96. The number of hydrogen-bond donors (Lipinski definition) is 1. The van der Waals surface area contributed by atoms with E-state index < -0.39 is 10.0 Å². The molecule has 0 unspecified atom stereocenters. The van der Waals surface area contributed by atoms with Crippen molar-refractivity contribution in [1.29, 1.82) is 0 Å². The predicted octanol–water partition coefficient (Wildman–Crippen LogP) is 6.06. The van der Waals surface area contributed by atoms with Gasteiger partial charge in [-0.05, 0) is 80.5 Å². The Balaban J connectivity index is 1.89. The van der Waals surface area contributed by atoms with E-state index in [4.69, 9.17) is 11.6 Å². The van der Waals surface area contributed by atoms with Crippen molar-refractivity contribution in [2.24, 2.45) is 0 Å². The van der Waals surface area contributed by atoms with Crippen molar-refractivity contribution in [3.63, 3.8) is 0 Å². The zero-order chi connectivity index (χ0) is 25.8. The number of sulfonamides is 1. The Morgan fingerprint density at radius 1 is 1.00 bits per heavy atom. The average Bonchev–Trinajstić information content (AvgIpc) is 2.79. The van der Waals surface area contributed by atoms with Crippen LogP contribution in [0.15, 0.2) is 70.5 Å². The lowest BCUT2D eigenvalue weighted by Crippen LogP contribution is -2.41. The van der Waals surface area contributed by atoms with Gasteiger partial charge in [-0.3, -0.25) is 4.79 Å². The molecule has 0 radical (unpaired) electrons. The van der Waals surface area contributed by atoms with Gasteiger partial charge in [-0.1, -0.05) is 53.6 Å². The first kappa shape index (κ1) is 27.3. The van der Waals surface area contributed by atoms with E-state index in [1.807, 2.05) is 56.5 Å². The van der Waals surface area contributed by atoms with Crippen molar-refractivity contribution in [3.8, 4) is 0 Å². The molecule has 1 N–H and O–H groups in total. The zero-order valence-corrected chi connectivity index (χ0v) is 23.0. The molecule has 0 spiro atoms. The molecule has 1 amide bonds. The van der Waals surface area contributed by atoms with Gasteiger partial charge in [0, 0.05) is 16.5 Å². The average molecular weight is 531 g/mol. The van der Waals surface area contributed by atoms with Crippen LogP contribution in [0.4, 0.5) is 0 Å². The molecular formula is C27H31ClN2O3S2. The topological polar surface area (TPSA) is 66.5 Å². The summed E-state index contributed by atoms with van der Waals surface area (Å²) in [5, 5.41) is 3.51. The maximum absolute atomic E-state index is 13.8. The van der Waals surface area contributed by atoms with Crippen LogP contribution in [0.1, 0.15) is 40.8 Å². The van der Waals surface area contributed by atoms with Crippen LogP contribution in [0.25, 0.3) is 0 Å². The van der Waals surface area contributed by atoms with Crippen LogP contribution >= 0.6 is 23.4 Å². The van der Waals surface area contributed by atoms with Gasteiger partial charge in [-0.2, -0.15) is 4.31 Å². The first-order valence-electron chi connectivity index (χ1n) is 11.3. The summed E-state index contributed by atoms with van der Waals surface area (Å²) in [6.07, 6.45) is 2.01. The number of carbonyl (C=O) groups is 1. The van der Waals surface area contributed by atoms with Crippen LogP contribution in [-0.4, -0.2) is 31.4 Å². The van der Waals surface area contributed by atoms with Crippen LogP contribution in [0.3, 0.4) is 0 Å². The van der Waals surface area contributed by atoms with Crippen LogP contribution in [-0.2, 0) is 21.4 Å². The summed E-state index contributed by atoms with van der Waals surface area (Å²) in [5.41, 5.74) is 4.00. The highest BCUT2D eigenvalue weighted by molar-refractivity contribution is 7.98. The number of hydrogen-bond acceptors (Lipinski definition) is 4. The van der Waals surface area contributed by atoms with E-state index in [-0.39, 0.29) is 29.9 Å². The van der Waals surface area contributed by atoms with Gasteiger partial charge in [0.15, 0.2) is 0 Å². The lowest BCUT2D eigenvalue weighted by atomic mass is 10.1. The number of nitrogens with zero attached hydrogens (tertiary/aromatic N) is 1. The first-order valence-corrected chi connectivity index (χ1v) is 14.3. The van der Waals surface area contributed by atoms with Gasteiger partial charge in [-0.25, -0.2) is 8.42 Å². The Kier molecular flexibility index (Phi) is 9.05. The van der Waals surface area contributed by atoms with Crippen molar-refractivity contribution in [3.05, 3.63) is 93.5 Å². The summed E-state index contributed by atoms with van der Waals surface area (Å²) in [4.78, 5) is 14.4. The molecule has 8 heteroatoms. The summed E-state index contributed by atoms with van der Waals surface area (Å²) in [6, 6.07) is 18.3. The lowest BCUT2D eigenvalue weighted by molar-refractivity contribution is -0.122. The molecule has 0 aliphatic rings. The number of amides is 1. The maximum atomic E-state index is 13.8. The monoisotopic (exact) mass is 530 g/mol. The molecule has 0 aliphatic carbocycles. The molecule has 0 saturated heterocycles. The van der Waals surface area contributed by atoms with Crippen molar-refractivity contribution in [2.45, 2.75) is 50.1 Å². The third-order valence-corrected chi connectivity index (χ3v) is 8.88. The fourth-order valence-electron chi connectivity index (χ4n) is 4.15. The normalized spacial score (nSPS) is 12.5. The summed E-state index contributed by atoms with van der Waals surface area (Å²) in [5.74, 6) is -0.369. The van der Waals surface area contributed by atoms with Crippen LogP contribution in [0.5, 0.6) is 0 Å². The second kappa shape index (κ2) is 11.6. The molecule has 186 valence electrons. The van der Waals surface area contributed by atoms with Crippen molar-refractivity contribution >= 4 is 39.3 Å². The van der Waals surface area contributed by atoms with E-state index in [9.17, 15) is 13.2 Å². The second-order valence-corrected chi connectivity index (χ2v) is 11.9. The highest BCUT2D eigenvalue weighted by Crippen LogP contribution is 2.27. The standard InChI is InChI=1S/C27H31ClN2O3S2/c1-18-14-19(2)27(20(3)15-18)35(32,33)30(16-22-6-10-24(28)11-7-22)17-26(31)29-21(4)23-8-12-25(34-5)13-9-23/h6-15,21H,16-17H2,1-5H3,(H,29,31)/t21-/m0/s1. The highest BCUT2D eigenvalue weighted by atomic mass is 35.5. The Morgan fingerprint density at radius 2 is 1.57 bits per heavy atom. The van der Waals surface area contributed by atoms with E-state index in [2.05, 4.69) is 5.32 Å². The van der Waals surface area contributed by atoms with E-state index in [0.29, 0.717) is 16.1 Å². The molecule has 3 rings (SSSR count). The molecule has 0 aliphatic heterocycles. The molecule has 0 heterocycles. The Bertz CT molecular complexity index is 1270. The lowest BCUT2D eigenvalue weighted by Gasteiger charge is -2.25. The second-order valence-electron chi connectivity index (χ2n) is 8.69.